The Bertz CT molecular complexity index is 453. The van der Waals surface area contributed by atoms with Crippen LogP contribution in [0.15, 0.2) is 24.3 Å². The molecule has 0 bridgehead atoms. The Labute approximate surface area is 121 Å². The minimum absolute atomic E-state index is 0.0405. The van der Waals surface area contributed by atoms with Crippen LogP contribution >= 0.6 is 0 Å². The van der Waals surface area contributed by atoms with Crippen LogP contribution in [0.5, 0.6) is 0 Å². The third kappa shape index (κ3) is 3.97. The van der Waals surface area contributed by atoms with Crippen LogP contribution in [0, 0.1) is 0 Å². The van der Waals surface area contributed by atoms with E-state index in [1.165, 1.54) is 12.8 Å². The molecule has 1 aliphatic heterocycles. The molecule has 2 atom stereocenters. The van der Waals surface area contributed by atoms with E-state index in [9.17, 15) is 4.79 Å². The van der Waals surface area contributed by atoms with E-state index < -0.39 is 0 Å². The smallest absolute Gasteiger partial charge is 0.253 e. The second-order valence-electron chi connectivity index (χ2n) is 5.85. The van der Waals surface area contributed by atoms with Gasteiger partial charge in [-0.05, 0) is 50.9 Å². The lowest BCUT2D eigenvalue weighted by Crippen LogP contribution is -2.29. The third-order valence-electron chi connectivity index (χ3n) is 3.73. The van der Waals surface area contributed by atoms with Crippen LogP contribution in [-0.2, 0) is 0 Å². The highest BCUT2D eigenvalue weighted by atomic mass is 16.2. The molecule has 1 aromatic rings. The van der Waals surface area contributed by atoms with E-state index in [4.69, 9.17) is 0 Å². The lowest BCUT2D eigenvalue weighted by atomic mass is 10.1. The fourth-order valence-corrected chi connectivity index (χ4v) is 2.73. The molecule has 4 heteroatoms. The molecular weight excluding hydrogens is 250 g/mol. The predicted octanol–water partition coefficient (Wildman–Crippen LogP) is 2.33. The van der Waals surface area contributed by atoms with Crippen molar-refractivity contribution in [3.8, 4) is 0 Å². The molecule has 1 aliphatic rings. The first kappa shape index (κ1) is 14.9. The molecular formula is C16H25N3O. The van der Waals surface area contributed by atoms with E-state index in [2.05, 4.69) is 17.6 Å². The first-order chi connectivity index (χ1) is 9.56. The first-order valence-electron chi connectivity index (χ1n) is 7.38. The van der Waals surface area contributed by atoms with Gasteiger partial charge in [-0.3, -0.25) is 4.79 Å². The molecule has 20 heavy (non-hydrogen) atoms. The lowest BCUT2D eigenvalue weighted by molar-refractivity contribution is 0.0827. The largest absolute Gasteiger partial charge is 0.383 e. The topological polar surface area (TPSA) is 44.4 Å². The summed E-state index contributed by atoms with van der Waals surface area (Å²) in [6.45, 7) is 3.34. The molecule has 110 valence electrons. The van der Waals surface area contributed by atoms with Gasteiger partial charge in [-0.2, -0.15) is 0 Å². The summed E-state index contributed by atoms with van der Waals surface area (Å²) in [6.07, 6.45) is 3.67. The molecule has 1 amide bonds. The Morgan fingerprint density at radius 3 is 2.95 bits per heavy atom. The number of anilines is 1. The highest BCUT2D eigenvalue weighted by molar-refractivity contribution is 5.94. The normalized spacial score (nSPS) is 19.6. The number of amides is 1. The number of nitrogens with zero attached hydrogens (tertiary/aromatic N) is 1. The van der Waals surface area contributed by atoms with Crippen LogP contribution in [0.1, 0.15) is 36.5 Å². The highest BCUT2D eigenvalue weighted by Crippen LogP contribution is 2.17. The van der Waals surface area contributed by atoms with Crippen molar-refractivity contribution in [2.24, 2.45) is 0 Å². The van der Waals surface area contributed by atoms with Crippen molar-refractivity contribution < 1.29 is 4.79 Å². The quantitative estimate of drug-likeness (QED) is 0.867. The van der Waals surface area contributed by atoms with Gasteiger partial charge >= 0.3 is 0 Å². The molecule has 0 aromatic heterocycles. The minimum atomic E-state index is 0.0405. The van der Waals surface area contributed by atoms with Crippen molar-refractivity contribution in [3.05, 3.63) is 29.8 Å². The van der Waals surface area contributed by atoms with Gasteiger partial charge in [0.05, 0.1) is 0 Å². The summed E-state index contributed by atoms with van der Waals surface area (Å²) in [5.41, 5.74) is 1.74. The van der Waals surface area contributed by atoms with Crippen molar-refractivity contribution in [1.82, 2.24) is 10.2 Å². The monoisotopic (exact) mass is 275 g/mol. The summed E-state index contributed by atoms with van der Waals surface area (Å²) in [6, 6.07) is 8.77. The first-order valence-corrected chi connectivity index (χ1v) is 7.38. The Morgan fingerprint density at radius 2 is 2.30 bits per heavy atom. The van der Waals surface area contributed by atoms with Gasteiger partial charge in [-0.1, -0.05) is 6.07 Å². The molecule has 0 spiro atoms. The van der Waals surface area contributed by atoms with Crippen LogP contribution in [-0.4, -0.2) is 43.5 Å². The van der Waals surface area contributed by atoms with E-state index in [-0.39, 0.29) is 5.91 Å². The van der Waals surface area contributed by atoms with Crippen molar-refractivity contribution in [2.75, 3.05) is 26.0 Å². The second-order valence-corrected chi connectivity index (χ2v) is 5.85. The highest BCUT2D eigenvalue weighted by Gasteiger charge is 2.17. The lowest BCUT2D eigenvalue weighted by Gasteiger charge is -2.20. The van der Waals surface area contributed by atoms with Crippen LogP contribution in [0.4, 0.5) is 5.69 Å². The zero-order valence-corrected chi connectivity index (χ0v) is 12.6. The summed E-state index contributed by atoms with van der Waals surface area (Å²) >= 11 is 0. The van der Waals surface area contributed by atoms with Gasteiger partial charge in [0.25, 0.3) is 5.91 Å². The van der Waals surface area contributed by atoms with Crippen molar-refractivity contribution in [1.29, 1.82) is 0 Å². The fourth-order valence-electron chi connectivity index (χ4n) is 2.73. The number of carbonyl (C=O) groups is 1. The van der Waals surface area contributed by atoms with Gasteiger partial charge in [0.1, 0.15) is 0 Å². The van der Waals surface area contributed by atoms with Crippen molar-refractivity contribution in [2.45, 2.75) is 38.3 Å². The van der Waals surface area contributed by atoms with E-state index in [0.717, 1.165) is 24.2 Å². The maximum Gasteiger partial charge on any atom is 0.253 e. The Hall–Kier alpha value is -1.55. The summed E-state index contributed by atoms with van der Waals surface area (Å²) in [5, 5.41) is 7.01. The van der Waals surface area contributed by atoms with E-state index >= 15 is 0 Å². The number of carbonyl (C=O) groups excluding carboxylic acids is 1. The Kier molecular flexibility index (Phi) is 5.01. The molecule has 0 saturated carbocycles. The molecule has 1 aromatic carbocycles. The average Bonchev–Trinajstić information content (AvgIpc) is 2.90. The summed E-state index contributed by atoms with van der Waals surface area (Å²) < 4.78 is 0. The Morgan fingerprint density at radius 1 is 1.50 bits per heavy atom. The maximum atomic E-state index is 11.9. The van der Waals surface area contributed by atoms with Gasteiger partial charge in [-0.15, -0.1) is 0 Å². The molecule has 2 N–H and O–H groups in total. The summed E-state index contributed by atoms with van der Waals surface area (Å²) in [5.74, 6) is 0.0405. The SMILES string of the molecule is CC(CC1CCCN1)Nc1cccc(C(=O)N(C)C)c1. The molecule has 1 saturated heterocycles. The standard InChI is InChI=1S/C16H25N3O/c1-12(10-14-8-5-9-17-14)18-15-7-4-6-13(11-15)16(20)19(2)3/h4,6-7,11-12,14,17-18H,5,8-10H2,1-3H3. The molecule has 4 nitrogen and oxygen atoms in total. The van der Waals surface area contributed by atoms with Crippen LogP contribution in [0.25, 0.3) is 0 Å². The van der Waals surface area contributed by atoms with E-state index in [1.807, 2.05) is 24.3 Å². The van der Waals surface area contributed by atoms with Gasteiger partial charge < -0.3 is 15.5 Å². The van der Waals surface area contributed by atoms with Gasteiger partial charge in [0.2, 0.25) is 0 Å². The van der Waals surface area contributed by atoms with Crippen LogP contribution in [0.2, 0.25) is 0 Å². The number of hydrogen-bond acceptors (Lipinski definition) is 3. The van der Waals surface area contributed by atoms with E-state index in [0.29, 0.717) is 12.1 Å². The minimum Gasteiger partial charge on any atom is -0.383 e. The van der Waals surface area contributed by atoms with Crippen molar-refractivity contribution >= 4 is 11.6 Å². The number of benzene rings is 1. The third-order valence-corrected chi connectivity index (χ3v) is 3.73. The zero-order valence-electron chi connectivity index (χ0n) is 12.6. The average molecular weight is 275 g/mol. The van der Waals surface area contributed by atoms with Crippen LogP contribution < -0.4 is 10.6 Å². The number of rotatable bonds is 5. The molecule has 1 heterocycles. The Balaban J connectivity index is 1.94. The second kappa shape index (κ2) is 6.75. The van der Waals surface area contributed by atoms with Crippen molar-refractivity contribution in [3.63, 3.8) is 0 Å². The molecule has 2 unspecified atom stereocenters. The molecule has 2 rings (SSSR count). The zero-order chi connectivity index (χ0) is 14.5. The number of hydrogen-bond donors (Lipinski definition) is 2. The summed E-state index contributed by atoms with van der Waals surface area (Å²) in [4.78, 5) is 13.6. The van der Waals surface area contributed by atoms with Crippen LogP contribution in [0.3, 0.4) is 0 Å². The molecule has 1 fully saturated rings. The molecule has 0 aliphatic carbocycles. The van der Waals surface area contributed by atoms with Gasteiger partial charge in [-0.25, -0.2) is 0 Å². The summed E-state index contributed by atoms with van der Waals surface area (Å²) in [7, 11) is 3.55. The van der Waals surface area contributed by atoms with E-state index in [1.54, 1.807) is 19.0 Å². The molecule has 0 radical (unpaired) electrons. The van der Waals surface area contributed by atoms with Gasteiger partial charge in [0.15, 0.2) is 0 Å². The maximum absolute atomic E-state index is 11.9. The number of nitrogens with one attached hydrogen (secondary N) is 2. The van der Waals surface area contributed by atoms with Gasteiger partial charge in [0, 0.05) is 37.4 Å². The fraction of sp³-hybridized carbons (Fsp3) is 0.562. The predicted molar refractivity (Wildman–Crippen MR) is 83.2 cm³/mol.